The Hall–Kier alpha value is -3.40. The molecule has 0 unspecified atom stereocenters. The molecule has 184 valence electrons. The molecular formula is C31H36O4. The van der Waals surface area contributed by atoms with Crippen molar-refractivity contribution in [1.82, 2.24) is 0 Å². The van der Waals surface area contributed by atoms with Gasteiger partial charge in [-0.2, -0.15) is 0 Å². The molecule has 3 rings (SSSR count). The van der Waals surface area contributed by atoms with E-state index in [1.807, 2.05) is 19.1 Å². The standard InChI is InChI=1S/C31H36O4/c1-5-8-24-9-11-25(12-10-24)26-13-15-27(16-14-26)31(33)35-29-19-17-28(18-20-29)30(32)34-22(4)21-23(6-2)7-3/h9-20,22-23H,5-8,21H2,1-4H3/t22-/m1/s1. The van der Waals surface area contributed by atoms with Gasteiger partial charge in [0.15, 0.2) is 0 Å². The number of hydrogen-bond donors (Lipinski definition) is 0. The zero-order valence-corrected chi connectivity index (χ0v) is 21.3. The average molecular weight is 473 g/mol. The lowest BCUT2D eigenvalue weighted by Gasteiger charge is -2.18. The van der Waals surface area contributed by atoms with Crippen LogP contribution in [0.5, 0.6) is 5.75 Å². The van der Waals surface area contributed by atoms with Crippen LogP contribution in [0.1, 0.15) is 79.7 Å². The predicted molar refractivity (Wildman–Crippen MR) is 141 cm³/mol. The molecule has 3 aromatic carbocycles. The first-order valence-corrected chi connectivity index (χ1v) is 12.7. The van der Waals surface area contributed by atoms with Gasteiger partial charge in [0.05, 0.1) is 17.2 Å². The zero-order chi connectivity index (χ0) is 25.2. The Morgan fingerprint density at radius 3 is 1.77 bits per heavy atom. The Bertz CT molecular complexity index is 1080. The highest BCUT2D eigenvalue weighted by Gasteiger charge is 2.16. The molecule has 4 heteroatoms. The van der Waals surface area contributed by atoms with Gasteiger partial charge in [-0.05, 0) is 78.8 Å². The number of benzene rings is 3. The molecule has 0 fully saturated rings. The smallest absolute Gasteiger partial charge is 0.343 e. The summed E-state index contributed by atoms with van der Waals surface area (Å²) in [6.07, 6.45) is 5.07. The predicted octanol–water partition coefficient (Wildman–Crippen LogP) is 7.90. The minimum Gasteiger partial charge on any atom is -0.459 e. The second kappa shape index (κ2) is 12.9. The van der Waals surface area contributed by atoms with E-state index in [1.54, 1.807) is 36.4 Å². The summed E-state index contributed by atoms with van der Waals surface area (Å²) in [7, 11) is 0. The topological polar surface area (TPSA) is 52.6 Å². The van der Waals surface area contributed by atoms with Gasteiger partial charge in [0.25, 0.3) is 0 Å². The van der Waals surface area contributed by atoms with Gasteiger partial charge in [-0.15, -0.1) is 0 Å². The third kappa shape index (κ3) is 7.54. The highest BCUT2D eigenvalue weighted by atomic mass is 16.5. The SMILES string of the molecule is CCCc1ccc(-c2ccc(C(=O)Oc3ccc(C(=O)O[C@H](C)CC(CC)CC)cc3)cc2)cc1. The van der Waals surface area contributed by atoms with Gasteiger partial charge in [-0.3, -0.25) is 0 Å². The normalized spacial score (nSPS) is 11.8. The van der Waals surface area contributed by atoms with Crippen molar-refractivity contribution < 1.29 is 19.1 Å². The van der Waals surface area contributed by atoms with E-state index < -0.39 is 5.97 Å². The fourth-order valence-electron chi connectivity index (χ4n) is 4.17. The van der Waals surface area contributed by atoms with Crippen molar-refractivity contribution in [2.75, 3.05) is 0 Å². The van der Waals surface area contributed by atoms with Crippen LogP contribution in [0.2, 0.25) is 0 Å². The van der Waals surface area contributed by atoms with Crippen LogP contribution >= 0.6 is 0 Å². The van der Waals surface area contributed by atoms with Gasteiger partial charge in [-0.1, -0.05) is 76.4 Å². The molecule has 0 saturated heterocycles. The first-order valence-electron chi connectivity index (χ1n) is 12.7. The van der Waals surface area contributed by atoms with Gasteiger partial charge in [0, 0.05) is 0 Å². The number of ether oxygens (including phenoxy) is 2. The minimum absolute atomic E-state index is 0.137. The van der Waals surface area contributed by atoms with E-state index in [4.69, 9.17) is 9.47 Å². The number of esters is 2. The molecule has 0 aromatic heterocycles. The minimum atomic E-state index is -0.441. The van der Waals surface area contributed by atoms with Gasteiger partial charge in [0.1, 0.15) is 5.75 Å². The van der Waals surface area contributed by atoms with Crippen LogP contribution in [0.4, 0.5) is 0 Å². The third-order valence-electron chi connectivity index (χ3n) is 6.38. The van der Waals surface area contributed by atoms with Crippen molar-refractivity contribution in [3.63, 3.8) is 0 Å². The Morgan fingerprint density at radius 2 is 1.23 bits per heavy atom. The van der Waals surface area contributed by atoms with Crippen LogP contribution in [0, 0.1) is 5.92 Å². The second-order valence-corrected chi connectivity index (χ2v) is 9.07. The van der Waals surface area contributed by atoms with E-state index in [-0.39, 0.29) is 12.1 Å². The molecule has 0 saturated carbocycles. The number of rotatable bonds is 11. The van der Waals surface area contributed by atoms with E-state index in [9.17, 15) is 9.59 Å². The molecule has 0 radical (unpaired) electrons. The zero-order valence-electron chi connectivity index (χ0n) is 21.3. The van der Waals surface area contributed by atoms with E-state index in [0.29, 0.717) is 22.8 Å². The van der Waals surface area contributed by atoms with Gasteiger partial charge in [-0.25, -0.2) is 9.59 Å². The van der Waals surface area contributed by atoms with Crippen LogP contribution < -0.4 is 4.74 Å². The maximum atomic E-state index is 12.6. The summed E-state index contributed by atoms with van der Waals surface area (Å²) in [5.74, 6) is 0.135. The molecule has 0 spiro atoms. The van der Waals surface area contributed by atoms with E-state index in [1.165, 1.54) is 5.56 Å². The summed E-state index contributed by atoms with van der Waals surface area (Å²) >= 11 is 0. The Balaban J connectivity index is 1.56. The van der Waals surface area contributed by atoms with Crippen LogP contribution in [0.3, 0.4) is 0 Å². The number of hydrogen-bond acceptors (Lipinski definition) is 4. The molecule has 4 nitrogen and oxygen atoms in total. The van der Waals surface area contributed by atoms with Gasteiger partial charge < -0.3 is 9.47 Å². The second-order valence-electron chi connectivity index (χ2n) is 9.07. The summed E-state index contributed by atoms with van der Waals surface area (Å²) in [6, 6.07) is 22.4. The number of aryl methyl sites for hydroxylation is 1. The van der Waals surface area contributed by atoms with Gasteiger partial charge >= 0.3 is 11.9 Å². The Kier molecular flexibility index (Phi) is 9.66. The summed E-state index contributed by atoms with van der Waals surface area (Å²) in [4.78, 5) is 25.0. The first kappa shape index (κ1) is 26.2. The maximum absolute atomic E-state index is 12.6. The summed E-state index contributed by atoms with van der Waals surface area (Å²) in [5, 5.41) is 0. The van der Waals surface area contributed by atoms with Gasteiger partial charge in [0.2, 0.25) is 0 Å². The number of carbonyl (C=O) groups is 2. The van der Waals surface area contributed by atoms with Crippen molar-refractivity contribution in [2.24, 2.45) is 5.92 Å². The molecule has 35 heavy (non-hydrogen) atoms. The van der Waals surface area contributed by atoms with Crippen molar-refractivity contribution in [2.45, 2.75) is 65.9 Å². The molecule has 0 heterocycles. The number of carbonyl (C=O) groups excluding carboxylic acids is 2. The molecule has 1 atom stereocenters. The fourth-order valence-corrected chi connectivity index (χ4v) is 4.17. The lowest BCUT2D eigenvalue weighted by Crippen LogP contribution is -2.18. The quantitative estimate of drug-likeness (QED) is 0.210. The largest absolute Gasteiger partial charge is 0.459 e. The Morgan fingerprint density at radius 1 is 0.714 bits per heavy atom. The van der Waals surface area contributed by atoms with Crippen LogP contribution in [0.25, 0.3) is 11.1 Å². The van der Waals surface area contributed by atoms with Crippen LogP contribution in [-0.2, 0) is 11.2 Å². The first-order chi connectivity index (χ1) is 16.9. The third-order valence-corrected chi connectivity index (χ3v) is 6.38. The molecule has 3 aromatic rings. The van der Waals surface area contributed by atoms with E-state index in [2.05, 4.69) is 45.0 Å². The summed E-state index contributed by atoms with van der Waals surface area (Å²) in [6.45, 7) is 8.41. The molecule has 0 aliphatic rings. The van der Waals surface area contributed by atoms with Crippen molar-refractivity contribution in [3.8, 4) is 16.9 Å². The average Bonchev–Trinajstić information content (AvgIpc) is 2.88. The molecule has 0 aliphatic carbocycles. The lowest BCUT2D eigenvalue weighted by atomic mass is 9.97. The van der Waals surface area contributed by atoms with Crippen molar-refractivity contribution in [3.05, 3.63) is 89.5 Å². The monoisotopic (exact) mass is 472 g/mol. The Labute approximate surface area is 209 Å². The van der Waals surface area contributed by atoms with Crippen LogP contribution in [-0.4, -0.2) is 18.0 Å². The summed E-state index contributed by atoms with van der Waals surface area (Å²) < 4.78 is 11.1. The van der Waals surface area contributed by atoms with E-state index >= 15 is 0 Å². The van der Waals surface area contributed by atoms with E-state index in [0.717, 1.165) is 43.2 Å². The highest BCUT2D eigenvalue weighted by molar-refractivity contribution is 5.92. The fraction of sp³-hybridized carbons (Fsp3) is 0.355. The molecule has 0 amide bonds. The molecular weight excluding hydrogens is 436 g/mol. The summed E-state index contributed by atoms with van der Waals surface area (Å²) in [5.41, 5.74) is 4.39. The van der Waals surface area contributed by atoms with Crippen molar-refractivity contribution in [1.29, 1.82) is 0 Å². The van der Waals surface area contributed by atoms with Crippen molar-refractivity contribution >= 4 is 11.9 Å². The highest BCUT2D eigenvalue weighted by Crippen LogP contribution is 2.22. The maximum Gasteiger partial charge on any atom is 0.343 e. The van der Waals surface area contributed by atoms with Crippen LogP contribution in [0.15, 0.2) is 72.8 Å². The molecule has 0 bridgehead atoms. The molecule has 0 N–H and O–H groups in total. The molecule has 0 aliphatic heterocycles. The lowest BCUT2D eigenvalue weighted by molar-refractivity contribution is 0.0285.